The van der Waals surface area contributed by atoms with Crippen LogP contribution in [-0.2, 0) is 0 Å². The first kappa shape index (κ1) is 11.2. The van der Waals surface area contributed by atoms with Crippen LogP contribution < -0.4 is 5.56 Å². The maximum atomic E-state index is 11.9. The Balaban J connectivity index is 2.64. The lowest BCUT2D eigenvalue weighted by molar-refractivity contribution is 0.807. The lowest BCUT2D eigenvalue weighted by Crippen LogP contribution is -2.20. The smallest absolute Gasteiger partial charge is 0.266 e. The monoisotopic (exact) mass is 247 g/mol. The molecule has 17 heavy (non-hydrogen) atoms. The quantitative estimate of drug-likeness (QED) is 0.464. The van der Waals surface area contributed by atoms with Crippen molar-refractivity contribution in [2.45, 2.75) is 0 Å². The Morgan fingerprint density at radius 3 is 2.71 bits per heavy atom. The van der Waals surface area contributed by atoms with Crippen LogP contribution in [0.2, 0.25) is 5.02 Å². The van der Waals surface area contributed by atoms with Gasteiger partial charge in [0.2, 0.25) is 0 Å². The summed E-state index contributed by atoms with van der Waals surface area (Å²) in [6.45, 7) is 0. The van der Waals surface area contributed by atoms with Gasteiger partial charge in [0.05, 0.1) is 17.6 Å². The minimum atomic E-state index is -0.525. The SMILES string of the molecule is [N-]=[N+]=Nc1cnn(-c2ccccc2)c(=O)c1Cl. The van der Waals surface area contributed by atoms with Crippen molar-refractivity contribution in [1.29, 1.82) is 0 Å². The third kappa shape index (κ3) is 2.13. The van der Waals surface area contributed by atoms with Crippen LogP contribution in [0.4, 0.5) is 5.69 Å². The summed E-state index contributed by atoms with van der Waals surface area (Å²) < 4.78 is 1.14. The highest BCUT2D eigenvalue weighted by Crippen LogP contribution is 2.19. The molecule has 0 saturated carbocycles. The minimum absolute atomic E-state index is 0.0198. The van der Waals surface area contributed by atoms with E-state index in [1.54, 1.807) is 24.3 Å². The fourth-order valence-corrected chi connectivity index (χ4v) is 1.46. The summed E-state index contributed by atoms with van der Waals surface area (Å²) in [5.41, 5.74) is 8.37. The van der Waals surface area contributed by atoms with Gasteiger partial charge in [0.1, 0.15) is 5.02 Å². The zero-order valence-electron chi connectivity index (χ0n) is 8.49. The molecule has 7 heteroatoms. The molecule has 0 aliphatic carbocycles. The van der Waals surface area contributed by atoms with Crippen molar-refractivity contribution < 1.29 is 0 Å². The van der Waals surface area contributed by atoms with Crippen LogP contribution in [0.25, 0.3) is 16.1 Å². The second-order valence-electron chi connectivity index (χ2n) is 3.09. The summed E-state index contributed by atoms with van der Waals surface area (Å²) in [4.78, 5) is 14.4. The predicted octanol–water partition coefficient (Wildman–Crippen LogP) is 2.83. The number of hydrogen-bond acceptors (Lipinski definition) is 3. The summed E-state index contributed by atoms with van der Waals surface area (Å²) in [6.07, 6.45) is 1.25. The number of halogens is 1. The van der Waals surface area contributed by atoms with Gasteiger partial charge in [-0.3, -0.25) is 4.79 Å². The third-order valence-electron chi connectivity index (χ3n) is 2.05. The molecule has 0 bridgehead atoms. The number of para-hydroxylation sites is 1. The molecule has 0 spiro atoms. The number of hydrogen-bond donors (Lipinski definition) is 0. The molecule has 0 aliphatic heterocycles. The molecule has 0 fully saturated rings. The van der Waals surface area contributed by atoms with Crippen molar-refractivity contribution in [1.82, 2.24) is 9.78 Å². The van der Waals surface area contributed by atoms with Crippen LogP contribution in [0.15, 0.2) is 46.4 Å². The van der Waals surface area contributed by atoms with Gasteiger partial charge in [-0.25, -0.2) is 0 Å². The highest BCUT2D eigenvalue weighted by atomic mass is 35.5. The second-order valence-corrected chi connectivity index (χ2v) is 3.46. The standard InChI is InChI=1S/C10H6ClN5O/c11-9-8(14-15-12)6-13-16(10(9)17)7-4-2-1-3-5-7/h1-6H. The fraction of sp³-hybridized carbons (Fsp3) is 0. The van der Waals surface area contributed by atoms with E-state index in [1.807, 2.05) is 6.07 Å². The van der Waals surface area contributed by atoms with E-state index in [2.05, 4.69) is 15.1 Å². The Hall–Kier alpha value is -2.30. The van der Waals surface area contributed by atoms with E-state index < -0.39 is 5.56 Å². The molecule has 0 unspecified atom stereocenters. The van der Waals surface area contributed by atoms with E-state index in [-0.39, 0.29) is 10.7 Å². The molecular weight excluding hydrogens is 242 g/mol. The number of nitrogens with zero attached hydrogens (tertiary/aromatic N) is 5. The van der Waals surface area contributed by atoms with E-state index in [4.69, 9.17) is 17.1 Å². The predicted molar refractivity (Wildman–Crippen MR) is 63.7 cm³/mol. The Morgan fingerprint density at radius 2 is 2.06 bits per heavy atom. The van der Waals surface area contributed by atoms with Gasteiger partial charge in [-0.15, -0.1) is 0 Å². The topological polar surface area (TPSA) is 83.7 Å². The number of rotatable bonds is 2. The highest BCUT2D eigenvalue weighted by Gasteiger charge is 2.08. The van der Waals surface area contributed by atoms with Crippen LogP contribution in [0.1, 0.15) is 0 Å². The molecule has 0 aliphatic rings. The van der Waals surface area contributed by atoms with E-state index in [1.165, 1.54) is 6.20 Å². The van der Waals surface area contributed by atoms with E-state index in [0.717, 1.165) is 4.68 Å². The van der Waals surface area contributed by atoms with Crippen molar-refractivity contribution >= 4 is 17.3 Å². The molecule has 2 rings (SSSR count). The van der Waals surface area contributed by atoms with E-state index in [0.29, 0.717) is 5.69 Å². The van der Waals surface area contributed by atoms with Crippen LogP contribution in [0, 0.1) is 0 Å². The Morgan fingerprint density at radius 1 is 1.35 bits per heavy atom. The van der Waals surface area contributed by atoms with Crippen LogP contribution >= 0.6 is 11.6 Å². The fourth-order valence-electron chi connectivity index (χ4n) is 1.30. The second kappa shape index (κ2) is 4.69. The minimum Gasteiger partial charge on any atom is -0.266 e. The zero-order chi connectivity index (χ0) is 12.3. The first-order valence-corrected chi connectivity index (χ1v) is 5.00. The van der Waals surface area contributed by atoms with Crippen molar-refractivity contribution in [3.8, 4) is 5.69 Å². The van der Waals surface area contributed by atoms with Crippen LogP contribution in [0.5, 0.6) is 0 Å². The molecule has 6 nitrogen and oxygen atoms in total. The van der Waals surface area contributed by atoms with Gasteiger partial charge in [-0.05, 0) is 17.7 Å². The molecule has 0 atom stereocenters. The summed E-state index contributed by atoms with van der Waals surface area (Å²) in [6, 6.07) is 8.82. The van der Waals surface area contributed by atoms with Gasteiger partial charge in [-0.2, -0.15) is 9.78 Å². The summed E-state index contributed by atoms with van der Waals surface area (Å²) in [5.74, 6) is 0. The van der Waals surface area contributed by atoms with Gasteiger partial charge >= 0.3 is 0 Å². The maximum absolute atomic E-state index is 11.9. The summed E-state index contributed by atoms with van der Waals surface area (Å²) in [5, 5.41) is 7.01. The van der Waals surface area contributed by atoms with E-state index >= 15 is 0 Å². The molecule has 0 saturated heterocycles. The average Bonchev–Trinajstić information content (AvgIpc) is 2.36. The number of benzene rings is 1. The molecular formula is C10H6ClN5O. The van der Waals surface area contributed by atoms with E-state index in [9.17, 15) is 4.79 Å². The third-order valence-corrected chi connectivity index (χ3v) is 2.41. The largest absolute Gasteiger partial charge is 0.290 e. The molecule has 0 N–H and O–H groups in total. The Bertz CT molecular complexity index is 645. The molecule has 1 aromatic heterocycles. The van der Waals surface area contributed by atoms with Crippen molar-refractivity contribution in [3.63, 3.8) is 0 Å². The van der Waals surface area contributed by atoms with Gasteiger partial charge in [-0.1, -0.05) is 34.9 Å². The molecule has 1 aromatic carbocycles. The normalized spacial score (nSPS) is 9.71. The Kier molecular flexibility index (Phi) is 3.09. The van der Waals surface area contributed by atoms with Crippen LogP contribution in [0.3, 0.4) is 0 Å². The zero-order valence-corrected chi connectivity index (χ0v) is 9.24. The lowest BCUT2D eigenvalue weighted by Gasteiger charge is -2.04. The first-order chi connectivity index (χ1) is 8.24. The van der Waals surface area contributed by atoms with Gasteiger partial charge in [0.15, 0.2) is 0 Å². The number of azide groups is 1. The molecule has 84 valence electrons. The van der Waals surface area contributed by atoms with Gasteiger partial charge < -0.3 is 0 Å². The Labute approximate surface area is 101 Å². The molecule has 0 amide bonds. The van der Waals surface area contributed by atoms with Crippen molar-refractivity contribution in [3.05, 3.63) is 62.3 Å². The summed E-state index contributed by atoms with van der Waals surface area (Å²) >= 11 is 5.79. The highest BCUT2D eigenvalue weighted by molar-refractivity contribution is 6.32. The molecule has 0 radical (unpaired) electrons. The molecule has 2 aromatic rings. The van der Waals surface area contributed by atoms with Crippen molar-refractivity contribution in [2.24, 2.45) is 5.11 Å². The summed E-state index contributed by atoms with van der Waals surface area (Å²) in [7, 11) is 0. The van der Waals surface area contributed by atoms with Crippen LogP contribution in [-0.4, -0.2) is 9.78 Å². The maximum Gasteiger partial charge on any atom is 0.290 e. The average molecular weight is 248 g/mol. The lowest BCUT2D eigenvalue weighted by atomic mass is 10.3. The number of aromatic nitrogens is 2. The molecule has 1 heterocycles. The first-order valence-electron chi connectivity index (χ1n) is 4.62. The van der Waals surface area contributed by atoms with Gasteiger partial charge in [0, 0.05) is 4.91 Å². The van der Waals surface area contributed by atoms with Crippen molar-refractivity contribution in [2.75, 3.05) is 0 Å². The van der Waals surface area contributed by atoms with Gasteiger partial charge in [0.25, 0.3) is 5.56 Å².